The molecule has 24 heavy (non-hydrogen) atoms. The molecular weight excluding hydrogens is 325 g/mol. The summed E-state index contributed by atoms with van der Waals surface area (Å²) < 4.78 is 40.2. The van der Waals surface area contributed by atoms with Crippen LogP contribution in [0.15, 0.2) is 30.3 Å². The van der Waals surface area contributed by atoms with Gasteiger partial charge in [0.2, 0.25) is 17.8 Å². The Morgan fingerprint density at radius 1 is 0.917 bits per heavy atom. The zero-order valence-electron chi connectivity index (χ0n) is 11.8. The highest BCUT2D eigenvalue weighted by atomic mass is 19.1. The zero-order valence-corrected chi connectivity index (χ0v) is 11.8. The van der Waals surface area contributed by atoms with E-state index in [-0.39, 0.29) is 29.1 Å². The summed E-state index contributed by atoms with van der Waals surface area (Å²) >= 11 is 0. The number of nitrogens with two attached hydrogens (primary N) is 1. The van der Waals surface area contributed by atoms with E-state index >= 15 is 0 Å². The zero-order chi connectivity index (χ0) is 17.3. The molecule has 122 valence electrons. The summed E-state index contributed by atoms with van der Waals surface area (Å²) in [5.74, 6) is -3.54. The standard InChI is InChI=1S/C14H9F3N6O/c15-6-3-7(16)5-8(4-6)19-14-22-12(21-13(18)23-14)11-9(17)1-2-10(24)20-11/h1-5H,(H,20,24)(H3,18,19,21,22,23). The molecule has 2 aromatic heterocycles. The molecule has 0 atom stereocenters. The van der Waals surface area contributed by atoms with Gasteiger partial charge < -0.3 is 16.2 Å². The summed E-state index contributed by atoms with van der Waals surface area (Å²) in [6.07, 6.45) is 0. The molecule has 0 aliphatic heterocycles. The van der Waals surface area contributed by atoms with Crippen LogP contribution < -0.4 is 11.1 Å². The van der Waals surface area contributed by atoms with E-state index in [1.165, 1.54) is 0 Å². The average Bonchev–Trinajstić information content (AvgIpc) is 2.48. The highest BCUT2D eigenvalue weighted by Gasteiger charge is 2.14. The van der Waals surface area contributed by atoms with E-state index < -0.39 is 23.3 Å². The maximum atomic E-state index is 13.8. The normalized spacial score (nSPS) is 10.6. The molecule has 0 spiro atoms. The Bertz CT molecular complexity index is 901. The van der Waals surface area contributed by atoms with Gasteiger partial charge in [0.1, 0.15) is 17.3 Å². The molecule has 0 saturated heterocycles. The first kappa shape index (κ1) is 15.5. The van der Waals surface area contributed by atoms with E-state index in [0.717, 1.165) is 24.3 Å². The molecule has 0 radical (unpaired) electrons. The monoisotopic (exact) mass is 334 g/mol. The van der Waals surface area contributed by atoms with Crippen molar-refractivity contribution in [2.45, 2.75) is 0 Å². The largest absolute Gasteiger partial charge is 0.493 e. The molecule has 3 rings (SSSR count). The quantitative estimate of drug-likeness (QED) is 0.674. The lowest BCUT2D eigenvalue weighted by Gasteiger charge is -2.08. The molecule has 1 aromatic carbocycles. The molecule has 7 nitrogen and oxygen atoms in total. The van der Waals surface area contributed by atoms with E-state index in [1.807, 2.05) is 0 Å². The Morgan fingerprint density at radius 3 is 2.33 bits per heavy atom. The molecule has 2 heterocycles. The summed E-state index contributed by atoms with van der Waals surface area (Å²) in [5.41, 5.74) is 5.21. The fourth-order valence-electron chi connectivity index (χ4n) is 1.90. The third-order valence-electron chi connectivity index (χ3n) is 2.81. The number of nitrogen functional groups attached to an aromatic ring is 1. The lowest BCUT2D eigenvalue weighted by molar-refractivity contribution is 0.450. The highest BCUT2D eigenvalue weighted by Crippen LogP contribution is 2.22. The number of rotatable bonds is 3. The van der Waals surface area contributed by atoms with Gasteiger partial charge in [-0.2, -0.15) is 15.0 Å². The lowest BCUT2D eigenvalue weighted by atomic mass is 10.3. The van der Waals surface area contributed by atoms with Crippen molar-refractivity contribution in [1.29, 1.82) is 0 Å². The number of halogens is 3. The van der Waals surface area contributed by atoms with Crippen molar-refractivity contribution in [3.63, 3.8) is 0 Å². The van der Waals surface area contributed by atoms with Gasteiger partial charge in [0, 0.05) is 17.8 Å². The van der Waals surface area contributed by atoms with Gasteiger partial charge in [0.25, 0.3) is 0 Å². The number of hydrogen-bond acceptors (Lipinski definition) is 7. The molecule has 0 amide bonds. The van der Waals surface area contributed by atoms with Gasteiger partial charge in [-0.05, 0) is 18.2 Å². The van der Waals surface area contributed by atoms with Crippen LogP contribution in [0.5, 0.6) is 5.88 Å². The van der Waals surface area contributed by atoms with Gasteiger partial charge in [0.15, 0.2) is 11.6 Å². The van der Waals surface area contributed by atoms with Gasteiger partial charge in [-0.1, -0.05) is 0 Å². The van der Waals surface area contributed by atoms with E-state index in [2.05, 4.69) is 25.3 Å². The van der Waals surface area contributed by atoms with E-state index in [1.54, 1.807) is 0 Å². The first-order valence-electron chi connectivity index (χ1n) is 6.51. The summed E-state index contributed by atoms with van der Waals surface area (Å²) in [7, 11) is 0. The fourth-order valence-corrected chi connectivity index (χ4v) is 1.90. The summed E-state index contributed by atoms with van der Waals surface area (Å²) in [5, 5.41) is 11.9. The van der Waals surface area contributed by atoms with E-state index in [4.69, 9.17) is 5.73 Å². The van der Waals surface area contributed by atoms with Gasteiger partial charge in [-0.25, -0.2) is 18.2 Å². The Labute approximate surface area is 133 Å². The van der Waals surface area contributed by atoms with Gasteiger partial charge in [-0.3, -0.25) is 0 Å². The second-order valence-electron chi connectivity index (χ2n) is 4.62. The van der Waals surface area contributed by atoms with Crippen LogP contribution in [0.25, 0.3) is 11.5 Å². The molecule has 4 N–H and O–H groups in total. The molecular formula is C14H9F3N6O. The number of pyridine rings is 1. The molecule has 0 unspecified atom stereocenters. The predicted molar refractivity (Wildman–Crippen MR) is 78.7 cm³/mol. The van der Waals surface area contributed by atoms with Crippen LogP contribution in [0.4, 0.5) is 30.8 Å². The average molecular weight is 334 g/mol. The van der Waals surface area contributed by atoms with Crippen molar-refractivity contribution in [1.82, 2.24) is 19.9 Å². The topological polar surface area (TPSA) is 110 Å². The van der Waals surface area contributed by atoms with Crippen LogP contribution in [0, 0.1) is 17.5 Å². The van der Waals surface area contributed by atoms with Crippen molar-refractivity contribution in [2.75, 3.05) is 11.1 Å². The maximum Gasteiger partial charge on any atom is 0.232 e. The Morgan fingerprint density at radius 2 is 1.62 bits per heavy atom. The Hall–Kier alpha value is -3.43. The highest BCUT2D eigenvalue weighted by molar-refractivity contribution is 5.59. The van der Waals surface area contributed by atoms with Gasteiger partial charge in [-0.15, -0.1) is 0 Å². The third-order valence-corrected chi connectivity index (χ3v) is 2.81. The Balaban J connectivity index is 2.01. The van der Waals surface area contributed by atoms with Gasteiger partial charge >= 0.3 is 0 Å². The first-order valence-corrected chi connectivity index (χ1v) is 6.51. The van der Waals surface area contributed by atoms with E-state index in [9.17, 15) is 18.3 Å². The Kier molecular flexibility index (Phi) is 3.86. The third kappa shape index (κ3) is 3.32. The summed E-state index contributed by atoms with van der Waals surface area (Å²) in [4.78, 5) is 15.0. The first-order chi connectivity index (χ1) is 11.4. The molecule has 0 aliphatic carbocycles. The van der Waals surface area contributed by atoms with Crippen LogP contribution in [0.2, 0.25) is 0 Å². The minimum atomic E-state index is -0.805. The number of anilines is 3. The second kappa shape index (κ2) is 5.99. The van der Waals surface area contributed by atoms with Crippen LogP contribution in [0.1, 0.15) is 0 Å². The van der Waals surface area contributed by atoms with Crippen LogP contribution in [-0.2, 0) is 0 Å². The van der Waals surface area contributed by atoms with Crippen molar-refractivity contribution in [3.8, 4) is 17.4 Å². The molecule has 0 saturated carbocycles. The van der Waals surface area contributed by atoms with Crippen molar-refractivity contribution in [3.05, 3.63) is 47.8 Å². The number of aromatic hydroxyl groups is 1. The van der Waals surface area contributed by atoms with Crippen LogP contribution in [-0.4, -0.2) is 25.0 Å². The van der Waals surface area contributed by atoms with Crippen molar-refractivity contribution >= 4 is 17.6 Å². The van der Waals surface area contributed by atoms with Gasteiger partial charge in [0.05, 0.1) is 0 Å². The summed E-state index contributed by atoms with van der Waals surface area (Å²) in [6.45, 7) is 0. The van der Waals surface area contributed by atoms with Crippen molar-refractivity contribution in [2.24, 2.45) is 0 Å². The van der Waals surface area contributed by atoms with Crippen LogP contribution in [0.3, 0.4) is 0 Å². The van der Waals surface area contributed by atoms with Crippen LogP contribution >= 0.6 is 0 Å². The minimum absolute atomic E-state index is 0.0217. The molecule has 10 heteroatoms. The number of nitrogens with one attached hydrogen (secondary N) is 1. The van der Waals surface area contributed by atoms with E-state index in [0.29, 0.717) is 6.07 Å². The molecule has 0 aliphatic rings. The maximum absolute atomic E-state index is 13.8. The number of aromatic nitrogens is 4. The minimum Gasteiger partial charge on any atom is -0.493 e. The fraction of sp³-hybridized carbons (Fsp3) is 0. The van der Waals surface area contributed by atoms with Crippen molar-refractivity contribution < 1.29 is 18.3 Å². The molecule has 3 aromatic rings. The number of nitrogens with zero attached hydrogens (tertiary/aromatic N) is 4. The second-order valence-corrected chi connectivity index (χ2v) is 4.62. The SMILES string of the molecule is Nc1nc(Nc2cc(F)cc(F)c2)nc(-c2nc(O)ccc2F)n1. The lowest BCUT2D eigenvalue weighted by Crippen LogP contribution is -2.06. The molecule has 0 bridgehead atoms. The molecule has 0 fully saturated rings. The number of hydrogen-bond donors (Lipinski definition) is 3. The number of benzene rings is 1. The predicted octanol–water partition coefficient (Wildman–Crippen LogP) is 2.38. The smallest absolute Gasteiger partial charge is 0.232 e. The summed E-state index contributed by atoms with van der Waals surface area (Å²) in [6, 6.07) is 4.75.